The standard InChI is InChI=1S/C23H31N3O2/c1-23(28-2,22(24)27)19-13-15-25(16-14-19)17-18-26(20-9-5-3-6-10-20)21-11-7-4-8-12-21/h3-12,19H,13-18H2,1-2H3,(H2,24,27). The van der Waals surface area contributed by atoms with Gasteiger partial charge in [0.15, 0.2) is 0 Å². The Hall–Kier alpha value is -2.37. The molecule has 0 aliphatic carbocycles. The molecule has 0 spiro atoms. The molecule has 2 aromatic carbocycles. The van der Waals surface area contributed by atoms with E-state index in [1.807, 2.05) is 19.1 Å². The summed E-state index contributed by atoms with van der Waals surface area (Å²) in [6.45, 7) is 5.61. The van der Waals surface area contributed by atoms with Crippen molar-refractivity contribution in [2.45, 2.75) is 25.4 Å². The molecule has 1 saturated heterocycles. The molecule has 0 saturated carbocycles. The van der Waals surface area contributed by atoms with Crippen LogP contribution in [0.4, 0.5) is 11.4 Å². The monoisotopic (exact) mass is 381 g/mol. The minimum absolute atomic E-state index is 0.172. The molecule has 3 rings (SSSR count). The van der Waals surface area contributed by atoms with Crippen LogP contribution >= 0.6 is 0 Å². The zero-order valence-electron chi connectivity index (χ0n) is 16.9. The minimum Gasteiger partial charge on any atom is -0.368 e. The van der Waals surface area contributed by atoms with E-state index < -0.39 is 5.60 Å². The molecule has 1 atom stereocenters. The van der Waals surface area contributed by atoms with Crippen LogP contribution in [0.3, 0.4) is 0 Å². The lowest BCUT2D eigenvalue weighted by molar-refractivity contribution is -0.147. The second-order valence-electron chi connectivity index (χ2n) is 7.61. The third kappa shape index (κ3) is 4.54. The first-order valence-corrected chi connectivity index (χ1v) is 9.99. The maximum atomic E-state index is 11.8. The van der Waals surface area contributed by atoms with Gasteiger partial charge in [-0.3, -0.25) is 4.79 Å². The number of hydrogen-bond acceptors (Lipinski definition) is 4. The van der Waals surface area contributed by atoms with E-state index in [1.165, 1.54) is 11.4 Å². The summed E-state index contributed by atoms with van der Waals surface area (Å²) in [4.78, 5) is 16.7. The van der Waals surface area contributed by atoms with E-state index in [4.69, 9.17) is 10.5 Å². The van der Waals surface area contributed by atoms with Gasteiger partial charge >= 0.3 is 0 Å². The van der Waals surface area contributed by atoms with Gasteiger partial charge in [0.25, 0.3) is 0 Å². The molecule has 28 heavy (non-hydrogen) atoms. The third-order valence-corrected chi connectivity index (χ3v) is 6.06. The van der Waals surface area contributed by atoms with Gasteiger partial charge in [-0.15, -0.1) is 0 Å². The molecule has 1 unspecified atom stereocenters. The summed E-state index contributed by atoms with van der Waals surface area (Å²) in [5.41, 5.74) is 7.12. The molecule has 2 N–H and O–H groups in total. The van der Waals surface area contributed by atoms with Gasteiger partial charge in [-0.2, -0.15) is 0 Å². The van der Waals surface area contributed by atoms with E-state index in [0.717, 1.165) is 39.0 Å². The first kappa shape index (κ1) is 20.4. The first-order valence-electron chi connectivity index (χ1n) is 9.99. The number of methoxy groups -OCH3 is 1. The molecule has 1 amide bonds. The Morgan fingerprint density at radius 1 is 1.07 bits per heavy atom. The van der Waals surface area contributed by atoms with Crippen LogP contribution in [-0.4, -0.2) is 49.7 Å². The number of rotatable bonds is 8. The van der Waals surface area contributed by atoms with Gasteiger partial charge in [0.2, 0.25) is 5.91 Å². The van der Waals surface area contributed by atoms with Gasteiger partial charge in [0, 0.05) is 31.6 Å². The molecule has 5 nitrogen and oxygen atoms in total. The summed E-state index contributed by atoms with van der Waals surface area (Å²) >= 11 is 0. The molecule has 1 aliphatic rings. The Kier molecular flexibility index (Phi) is 6.70. The SMILES string of the molecule is COC(C)(C(N)=O)C1CCN(CCN(c2ccccc2)c2ccccc2)CC1. The van der Waals surface area contributed by atoms with E-state index >= 15 is 0 Å². The summed E-state index contributed by atoms with van der Waals surface area (Å²) in [6.07, 6.45) is 1.84. The van der Waals surface area contributed by atoms with Crippen molar-refractivity contribution in [1.29, 1.82) is 0 Å². The van der Waals surface area contributed by atoms with E-state index in [0.29, 0.717) is 0 Å². The number of ether oxygens (including phenoxy) is 1. The van der Waals surface area contributed by atoms with Crippen molar-refractivity contribution in [3.05, 3.63) is 60.7 Å². The summed E-state index contributed by atoms with van der Waals surface area (Å²) < 4.78 is 5.49. The second kappa shape index (κ2) is 9.22. The second-order valence-corrected chi connectivity index (χ2v) is 7.61. The number of nitrogens with two attached hydrogens (primary N) is 1. The van der Waals surface area contributed by atoms with Crippen LogP contribution in [0.25, 0.3) is 0 Å². The Balaban J connectivity index is 1.62. The molecule has 0 bridgehead atoms. The lowest BCUT2D eigenvalue weighted by Gasteiger charge is -2.40. The van der Waals surface area contributed by atoms with Crippen LogP contribution in [0, 0.1) is 5.92 Å². The number of amides is 1. The first-order chi connectivity index (χ1) is 13.5. The largest absolute Gasteiger partial charge is 0.368 e. The Labute approximate surface area is 168 Å². The topological polar surface area (TPSA) is 58.8 Å². The summed E-state index contributed by atoms with van der Waals surface area (Å²) in [6, 6.07) is 21.0. The minimum atomic E-state index is -0.869. The highest BCUT2D eigenvalue weighted by Crippen LogP contribution is 2.31. The molecule has 1 fully saturated rings. The van der Waals surface area contributed by atoms with Crippen molar-refractivity contribution in [1.82, 2.24) is 4.90 Å². The molecule has 150 valence electrons. The van der Waals surface area contributed by atoms with Crippen LogP contribution in [0.1, 0.15) is 19.8 Å². The van der Waals surface area contributed by atoms with Gasteiger partial charge in [-0.05, 0) is 63.0 Å². The number of likely N-dealkylation sites (tertiary alicyclic amines) is 1. The van der Waals surface area contributed by atoms with Crippen LogP contribution in [-0.2, 0) is 9.53 Å². The van der Waals surface area contributed by atoms with E-state index in [-0.39, 0.29) is 11.8 Å². The average molecular weight is 382 g/mol. The van der Waals surface area contributed by atoms with Crippen LogP contribution in [0.2, 0.25) is 0 Å². The third-order valence-electron chi connectivity index (χ3n) is 6.06. The van der Waals surface area contributed by atoms with Gasteiger partial charge in [-0.25, -0.2) is 0 Å². The van der Waals surface area contributed by atoms with Crippen LogP contribution in [0.5, 0.6) is 0 Å². The Morgan fingerprint density at radius 2 is 1.57 bits per heavy atom. The van der Waals surface area contributed by atoms with Crippen molar-refractivity contribution < 1.29 is 9.53 Å². The fraction of sp³-hybridized carbons (Fsp3) is 0.435. The predicted octanol–water partition coefficient (Wildman–Crippen LogP) is 3.43. The lowest BCUT2D eigenvalue weighted by atomic mass is 9.81. The normalized spacial score (nSPS) is 17.8. The van der Waals surface area contributed by atoms with E-state index in [2.05, 4.69) is 58.3 Å². The highest BCUT2D eigenvalue weighted by molar-refractivity contribution is 5.83. The van der Waals surface area contributed by atoms with Crippen molar-refractivity contribution in [3.8, 4) is 0 Å². The zero-order chi connectivity index (χ0) is 20.0. The van der Waals surface area contributed by atoms with E-state index in [1.54, 1.807) is 7.11 Å². The smallest absolute Gasteiger partial charge is 0.249 e. The Bertz CT molecular complexity index is 705. The van der Waals surface area contributed by atoms with Crippen molar-refractivity contribution in [3.63, 3.8) is 0 Å². The van der Waals surface area contributed by atoms with Crippen molar-refractivity contribution >= 4 is 17.3 Å². The fourth-order valence-electron chi connectivity index (χ4n) is 4.04. The maximum absolute atomic E-state index is 11.8. The van der Waals surface area contributed by atoms with Crippen molar-refractivity contribution in [2.24, 2.45) is 11.7 Å². The van der Waals surface area contributed by atoms with Crippen LogP contribution < -0.4 is 10.6 Å². The van der Waals surface area contributed by atoms with Gasteiger partial charge in [0.05, 0.1) is 0 Å². The molecule has 0 radical (unpaired) electrons. The van der Waals surface area contributed by atoms with Gasteiger partial charge in [0.1, 0.15) is 5.60 Å². The predicted molar refractivity (Wildman–Crippen MR) is 114 cm³/mol. The summed E-state index contributed by atoms with van der Waals surface area (Å²) in [5.74, 6) is -0.196. The van der Waals surface area contributed by atoms with E-state index in [9.17, 15) is 4.79 Å². The number of hydrogen-bond donors (Lipinski definition) is 1. The van der Waals surface area contributed by atoms with Crippen LogP contribution in [0.15, 0.2) is 60.7 Å². The number of nitrogens with zero attached hydrogens (tertiary/aromatic N) is 2. The van der Waals surface area contributed by atoms with Crippen molar-refractivity contribution in [2.75, 3.05) is 38.2 Å². The molecule has 1 aliphatic heterocycles. The Morgan fingerprint density at radius 3 is 2.00 bits per heavy atom. The number of primary amides is 1. The zero-order valence-corrected chi connectivity index (χ0v) is 16.9. The molecule has 2 aromatic rings. The number of piperidine rings is 1. The number of benzene rings is 2. The quantitative estimate of drug-likeness (QED) is 0.761. The summed E-state index contributed by atoms with van der Waals surface area (Å²) in [7, 11) is 1.58. The number of para-hydroxylation sites is 2. The number of carbonyl (C=O) groups excluding carboxylic acids is 1. The molecular weight excluding hydrogens is 350 g/mol. The van der Waals surface area contributed by atoms with Gasteiger partial charge in [-0.1, -0.05) is 36.4 Å². The molecule has 0 aromatic heterocycles. The highest BCUT2D eigenvalue weighted by atomic mass is 16.5. The average Bonchev–Trinajstić information content (AvgIpc) is 2.75. The number of anilines is 2. The lowest BCUT2D eigenvalue weighted by Crippen LogP contribution is -2.52. The fourth-order valence-corrected chi connectivity index (χ4v) is 4.04. The highest BCUT2D eigenvalue weighted by Gasteiger charge is 2.41. The molecule has 5 heteroatoms. The molecular formula is C23H31N3O2. The molecule has 1 heterocycles. The van der Waals surface area contributed by atoms with Gasteiger partial charge < -0.3 is 20.3 Å². The maximum Gasteiger partial charge on any atom is 0.249 e. The number of carbonyl (C=O) groups is 1. The summed E-state index contributed by atoms with van der Waals surface area (Å²) in [5, 5.41) is 0.